The highest BCUT2D eigenvalue weighted by molar-refractivity contribution is 5.72. The highest BCUT2D eigenvalue weighted by Crippen LogP contribution is 2.22. The summed E-state index contributed by atoms with van der Waals surface area (Å²) in [6.07, 6.45) is -0.102. The Kier molecular flexibility index (Phi) is 10.4. The fraction of sp³-hybridized carbons (Fsp3) is 0.632. The minimum atomic E-state index is -0.913. The molecule has 0 fully saturated rings. The normalized spacial score (nSPS) is 13.7. The first-order valence-corrected chi connectivity index (χ1v) is 8.71. The third kappa shape index (κ3) is 10.4. The summed E-state index contributed by atoms with van der Waals surface area (Å²) in [6.45, 7) is 10.2. The van der Waals surface area contributed by atoms with Gasteiger partial charge in [-0.1, -0.05) is 19.9 Å². The first-order valence-electron chi connectivity index (χ1n) is 8.71. The van der Waals surface area contributed by atoms with E-state index in [0.29, 0.717) is 30.0 Å². The summed E-state index contributed by atoms with van der Waals surface area (Å²) >= 11 is 0. The van der Waals surface area contributed by atoms with E-state index >= 15 is 0 Å². The lowest BCUT2D eigenvalue weighted by atomic mass is 10.0. The molecule has 1 aromatic rings. The number of rotatable bonds is 7. The highest BCUT2D eigenvalue weighted by Gasteiger charge is 2.14. The Morgan fingerprint density at radius 1 is 1.27 bits per heavy atom. The molecule has 0 saturated carbocycles. The topological polar surface area (TPSA) is 136 Å². The van der Waals surface area contributed by atoms with Crippen molar-refractivity contribution in [3.63, 3.8) is 0 Å². The van der Waals surface area contributed by atoms with Gasteiger partial charge in [-0.3, -0.25) is 4.79 Å². The van der Waals surface area contributed by atoms with E-state index in [1.807, 2.05) is 34.6 Å². The van der Waals surface area contributed by atoms with Crippen molar-refractivity contribution in [1.82, 2.24) is 5.32 Å². The maximum atomic E-state index is 10.1. The molecule has 0 heterocycles. The van der Waals surface area contributed by atoms with Crippen LogP contribution in [0.5, 0.6) is 5.75 Å². The molecule has 2 atom stereocenters. The minimum Gasteiger partial charge on any atom is -0.508 e. The zero-order chi connectivity index (χ0) is 20.5. The molecular weight excluding hydrogens is 336 g/mol. The lowest BCUT2D eigenvalue weighted by Crippen LogP contribution is -2.38. The first-order chi connectivity index (χ1) is 11.9. The number of carboxylic acid groups (broad SMARTS) is 1. The molecule has 0 saturated heterocycles. The summed E-state index contributed by atoms with van der Waals surface area (Å²) in [5.41, 5.74) is 6.27. The van der Waals surface area contributed by atoms with Crippen LogP contribution < -0.4 is 11.1 Å². The van der Waals surface area contributed by atoms with Gasteiger partial charge in [-0.15, -0.1) is 0 Å². The fourth-order valence-electron chi connectivity index (χ4n) is 2.07. The lowest BCUT2D eigenvalue weighted by molar-refractivity contribution is -0.138. The molecule has 7 nitrogen and oxygen atoms in total. The maximum absolute atomic E-state index is 10.1. The number of nitrogens with two attached hydrogens (primary N) is 1. The number of benzene rings is 1. The molecule has 0 aliphatic carbocycles. The number of β-amino-alcohol motifs (C(OH)–C–C–N with tert-alkyl or cyclic N) is 1. The Bertz CT molecular complexity index is 555. The van der Waals surface area contributed by atoms with E-state index < -0.39 is 18.1 Å². The predicted octanol–water partition coefficient (Wildman–Crippen LogP) is 1.75. The zero-order valence-electron chi connectivity index (χ0n) is 16.4. The molecule has 0 spiro atoms. The second-order valence-electron chi connectivity index (χ2n) is 7.77. The average Bonchev–Trinajstić information content (AvgIpc) is 2.52. The molecule has 0 radical (unpaired) electrons. The summed E-state index contributed by atoms with van der Waals surface area (Å²) in [4.78, 5) is 10.1. The third-order valence-electron chi connectivity index (χ3n) is 3.53. The van der Waals surface area contributed by atoms with Crippen LogP contribution in [0.4, 0.5) is 0 Å². The first kappa shape index (κ1) is 24.3. The Balaban J connectivity index is 0.000000590. The number of carbonyl (C=O) groups is 1. The highest BCUT2D eigenvalue weighted by atomic mass is 16.4. The van der Waals surface area contributed by atoms with Crippen LogP contribution in [-0.2, 0) is 11.4 Å². The van der Waals surface area contributed by atoms with E-state index in [2.05, 4.69) is 5.32 Å². The molecule has 0 bridgehead atoms. The van der Waals surface area contributed by atoms with E-state index in [1.54, 1.807) is 12.1 Å². The van der Waals surface area contributed by atoms with E-state index in [0.717, 1.165) is 0 Å². The van der Waals surface area contributed by atoms with Crippen LogP contribution >= 0.6 is 0 Å². The second kappa shape index (κ2) is 11.1. The van der Waals surface area contributed by atoms with Crippen molar-refractivity contribution in [2.45, 2.75) is 65.3 Å². The van der Waals surface area contributed by atoms with Crippen LogP contribution in [0, 0.1) is 5.92 Å². The third-order valence-corrected chi connectivity index (χ3v) is 3.53. The molecule has 7 heteroatoms. The zero-order valence-corrected chi connectivity index (χ0v) is 16.4. The molecule has 150 valence electrons. The van der Waals surface area contributed by atoms with Gasteiger partial charge in [0.25, 0.3) is 0 Å². The van der Waals surface area contributed by atoms with Gasteiger partial charge in [0, 0.05) is 17.6 Å². The number of phenols is 1. The summed E-state index contributed by atoms with van der Waals surface area (Å²) in [5.74, 6) is -0.507. The second-order valence-corrected chi connectivity index (χ2v) is 7.77. The van der Waals surface area contributed by atoms with Gasteiger partial charge in [-0.25, -0.2) is 0 Å². The van der Waals surface area contributed by atoms with E-state index in [9.17, 15) is 15.0 Å². The van der Waals surface area contributed by atoms with E-state index in [1.165, 1.54) is 6.07 Å². The fourth-order valence-corrected chi connectivity index (χ4v) is 2.07. The summed E-state index contributed by atoms with van der Waals surface area (Å²) in [7, 11) is 0. The Morgan fingerprint density at radius 3 is 2.23 bits per heavy atom. The number of nitrogens with one attached hydrogen (secondary N) is 1. The molecule has 0 aromatic heterocycles. The number of aliphatic hydroxyl groups is 2. The molecule has 1 aromatic carbocycles. The number of hydrogen-bond acceptors (Lipinski definition) is 6. The van der Waals surface area contributed by atoms with Crippen LogP contribution in [0.15, 0.2) is 18.2 Å². The SMILES string of the molecule is CC(C)(C)NCC(O)c1ccc(O)c(CO)c1.CC(C)CC(N)C(=O)O. The molecular formula is C19H34N2O5. The molecule has 7 N–H and O–H groups in total. The monoisotopic (exact) mass is 370 g/mol. The van der Waals surface area contributed by atoms with E-state index in [-0.39, 0.29) is 17.9 Å². The number of aliphatic hydroxyl groups excluding tert-OH is 2. The van der Waals surface area contributed by atoms with Crippen LogP contribution in [0.3, 0.4) is 0 Å². The van der Waals surface area contributed by atoms with Gasteiger partial charge in [0.05, 0.1) is 12.7 Å². The van der Waals surface area contributed by atoms with Crippen molar-refractivity contribution in [1.29, 1.82) is 0 Å². The summed E-state index contributed by atoms with van der Waals surface area (Å²) in [5, 5.41) is 39.9. The number of hydrogen-bond donors (Lipinski definition) is 6. The van der Waals surface area contributed by atoms with Gasteiger partial charge >= 0.3 is 5.97 Å². The van der Waals surface area contributed by atoms with Crippen LogP contribution in [0.2, 0.25) is 0 Å². The maximum Gasteiger partial charge on any atom is 0.320 e. The number of aromatic hydroxyl groups is 1. The predicted molar refractivity (Wildman–Crippen MR) is 102 cm³/mol. The van der Waals surface area contributed by atoms with Gasteiger partial charge in [-0.2, -0.15) is 0 Å². The van der Waals surface area contributed by atoms with Gasteiger partial charge < -0.3 is 31.5 Å². The van der Waals surface area contributed by atoms with Crippen molar-refractivity contribution in [3.05, 3.63) is 29.3 Å². The van der Waals surface area contributed by atoms with Crippen molar-refractivity contribution < 1.29 is 25.2 Å². The molecule has 26 heavy (non-hydrogen) atoms. The van der Waals surface area contributed by atoms with Crippen molar-refractivity contribution in [3.8, 4) is 5.75 Å². The minimum absolute atomic E-state index is 0.0484. The lowest BCUT2D eigenvalue weighted by Gasteiger charge is -2.23. The molecule has 0 amide bonds. The Hall–Kier alpha value is -1.67. The van der Waals surface area contributed by atoms with Crippen molar-refractivity contribution >= 4 is 5.97 Å². The van der Waals surface area contributed by atoms with Gasteiger partial charge in [0.2, 0.25) is 0 Å². The van der Waals surface area contributed by atoms with Crippen LogP contribution in [-0.4, -0.2) is 44.5 Å². The quantitative estimate of drug-likeness (QED) is 0.430. The standard InChI is InChI=1S/C13H21NO3.C6H13NO2/c1-13(2,3)14-7-12(17)9-4-5-11(16)10(6-9)8-15;1-4(2)3-5(7)6(8)9/h4-6,12,14-17H,7-8H2,1-3H3;4-5H,3,7H2,1-2H3,(H,8,9). The van der Waals surface area contributed by atoms with Gasteiger partial charge in [0.1, 0.15) is 11.8 Å². The number of carboxylic acids is 1. The average molecular weight is 370 g/mol. The smallest absolute Gasteiger partial charge is 0.320 e. The summed E-state index contributed by atoms with van der Waals surface area (Å²) < 4.78 is 0. The largest absolute Gasteiger partial charge is 0.508 e. The van der Waals surface area contributed by atoms with Crippen LogP contribution in [0.25, 0.3) is 0 Å². The van der Waals surface area contributed by atoms with E-state index in [4.69, 9.17) is 15.9 Å². The van der Waals surface area contributed by atoms with Gasteiger partial charge in [-0.05, 0) is 50.8 Å². The number of aliphatic carboxylic acids is 1. The molecule has 2 unspecified atom stereocenters. The summed E-state index contributed by atoms with van der Waals surface area (Å²) in [6, 6.07) is 4.07. The van der Waals surface area contributed by atoms with Crippen molar-refractivity contribution in [2.24, 2.45) is 11.7 Å². The van der Waals surface area contributed by atoms with Crippen LogP contribution in [0.1, 0.15) is 58.3 Å². The Morgan fingerprint density at radius 2 is 1.85 bits per heavy atom. The Labute approximate surface area is 155 Å². The molecule has 1 rings (SSSR count). The van der Waals surface area contributed by atoms with Crippen molar-refractivity contribution in [2.75, 3.05) is 6.54 Å². The molecule has 0 aliphatic rings. The molecule has 0 aliphatic heterocycles. The van der Waals surface area contributed by atoms with Gasteiger partial charge in [0.15, 0.2) is 0 Å².